The van der Waals surface area contributed by atoms with Crippen LogP contribution in [0.25, 0.3) is 0 Å². The quantitative estimate of drug-likeness (QED) is 0.874. The molecule has 0 bridgehead atoms. The highest BCUT2D eigenvalue weighted by Crippen LogP contribution is 2.26. The molecular weight excluding hydrogens is 354 g/mol. The second-order valence-corrected chi connectivity index (χ2v) is 6.73. The second-order valence-electron chi connectivity index (χ2n) is 6.32. The average molecular weight is 374 g/mol. The predicted octanol–water partition coefficient (Wildman–Crippen LogP) is 2.53. The van der Waals surface area contributed by atoms with Crippen molar-refractivity contribution in [1.29, 1.82) is 0 Å². The summed E-state index contributed by atoms with van der Waals surface area (Å²) in [6, 6.07) is 5.17. The first kappa shape index (κ1) is 18.1. The van der Waals surface area contributed by atoms with Crippen molar-refractivity contribution in [2.75, 3.05) is 5.01 Å². The van der Waals surface area contributed by atoms with E-state index in [1.807, 2.05) is 30.7 Å². The van der Waals surface area contributed by atoms with Crippen LogP contribution in [0.3, 0.4) is 0 Å². The lowest BCUT2D eigenvalue weighted by molar-refractivity contribution is -0.119. The fourth-order valence-corrected chi connectivity index (χ4v) is 2.87. The zero-order valence-electron chi connectivity index (χ0n) is 14.6. The van der Waals surface area contributed by atoms with E-state index in [9.17, 15) is 9.59 Å². The standard InChI is InChI=1S/C18H20ClN5O2/c1-12-3-4-14(9-15(12)19)24-17(25)6-5-16(22-24)18(26)21-13(2)10-23-8-7-20-11-23/h3-4,7-9,11,13H,5-6,10H2,1-2H3,(H,21,26)/t13-/m1/s1. The molecule has 0 saturated heterocycles. The summed E-state index contributed by atoms with van der Waals surface area (Å²) in [6.07, 6.45) is 5.77. The molecule has 7 nitrogen and oxygen atoms in total. The molecule has 1 atom stereocenters. The maximum Gasteiger partial charge on any atom is 0.267 e. The Bertz CT molecular complexity index is 847. The molecule has 136 valence electrons. The van der Waals surface area contributed by atoms with E-state index < -0.39 is 0 Å². The molecule has 26 heavy (non-hydrogen) atoms. The Kier molecular flexibility index (Phi) is 5.37. The van der Waals surface area contributed by atoms with Gasteiger partial charge in [0.25, 0.3) is 5.91 Å². The molecule has 1 aliphatic rings. The van der Waals surface area contributed by atoms with Crippen molar-refractivity contribution in [3.8, 4) is 0 Å². The molecule has 0 saturated carbocycles. The van der Waals surface area contributed by atoms with Crippen LogP contribution >= 0.6 is 11.6 Å². The number of carbonyl (C=O) groups excluding carboxylic acids is 2. The summed E-state index contributed by atoms with van der Waals surface area (Å²) < 4.78 is 1.89. The van der Waals surface area contributed by atoms with E-state index in [0.29, 0.717) is 29.4 Å². The molecule has 2 aromatic rings. The van der Waals surface area contributed by atoms with Crippen LogP contribution in [-0.2, 0) is 16.1 Å². The average Bonchev–Trinajstić information content (AvgIpc) is 3.10. The fraction of sp³-hybridized carbons (Fsp3) is 0.333. The van der Waals surface area contributed by atoms with E-state index in [1.54, 1.807) is 24.7 Å². The van der Waals surface area contributed by atoms with Crippen LogP contribution in [0.5, 0.6) is 0 Å². The first-order valence-electron chi connectivity index (χ1n) is 8.37. The van der Waals surface area contributed by atoms with E-state index in [0.717, 1.165) is 5.56 Å². The Morgan fingerprint density at radius 1 is 1.38 bits per heavy atom. The van der Waals surface area contributed by atoms with Gasteiger partial charge in [0.1, 0.15) is 5.71 Å². The van der Waals surface area contributed by atoms with Gasteiger partial charge in [0.15, 0.2) is 0 Å². The van der Waals surface area contributed by atoms with Crippen LogP contribution in [0, 0.1) is 6.92 Å². The van der Waals surface area contributed by atoms with Crippen molar-refractivity contribution >= 4 is 34.8 Å². The Labute approximate surface area is 156 Å². The van der Waals surface area contributed by atoms with Crippen molar-refractivity contribution in [2.24, 2.45) is 5.10 Å². The number of imidazole rings is 1. The van der Waals surface area contributed by atoms with Gasteiger partial charge in [-0.05, 0) is 31.5 Å². The zero-order valence-corrected chi connectivity index (χ0v) is 15.4. The van der Waals surface area contributed by atoms with Gasteiger partial charge >= 0.3 is 0 Å². The highest BCUT2D eigenvalue weighted by Gasteiger charge is 2.26. The van der Waals surface area contributed by atoms with Crippen LogP contribution in [0.1, 0.15) is 25.3 Å². The smallest absolute Gasteiger partial charge is 0.267 e. The van der Waals surface area contributed by atoms with Gasteiger partial charge in [-0.2, -0.15) is 5.10 Å². The zero-order chi connectivity index (χ0) is 18.7. The van der Waals surface area contributed by atoms with Crippen molar-refractivity contribution in [3.63, 3.8) is 0 Å². The lowest BCUT2D eigenvalue weighted by Gasteiger charge is -2.24. The van der Waals surface area contributed by atoms with Gasteiger partial charge in [0.2, 0.25) is 5.91 Å². The third-order valence-corrected chi connectivity index (χ3v) is 4.52. The van der Waals surface area contributed by atoms with Crippen molar-refractivity contribution in [1.82, 2.24) is 14.9 Å². The lowest BCUT2D eigenvalue weighted by atomic mass is 10.1. The largest absolute Gasteiger partial charge is 0.347 e. The minimum Gasteiger partial charge on any atom is -0.347 e. The molecule has 0 spiro atoms. The van der Waals surface area contributed by atoms with Crippen molar-refractivity contribution < 1.29 is 9.59 Å². The van der Waals surface area contributed by atoms with E-state index in [1.165, 1.54) is 5.01 Å². The fourth-order valence-electron chi connectivity index (χ4n) is 2.70. The summed E-state index contributed by atoms with van der Waals surface area (Å²) in [6.45, 7) is 4.40. The summed E-state index contributed by atoms with van der Waals surface area (Å²) in [5.74, 6) is -0.429. The van der Waals surface area contributed by atoms with Gasteiger partial charge in [0.05, 0.1) is 12.0 Å². The van der Waals surface area contributed by atoms with E-state index in [2.05, 4.69) is 15.4 Å². The van der Waals surface area contributed by atoms with Gasteiger partial charge in [-0.3, -0.25) is 9.59 Å². The summed E-state index contributed by atoms with van der Waals surface area (Å²) in [5, 5.41) is 8.98. The number of amides is 2. The third-order valence-electron chi connectivity index (χ3n) is 4.12. The van der Waals surface area contributed by atoms with Crippen molar-refractivity contribution in [2.45, 2.75) is 39.3 Å². The minimum absolute atomic E-state index is 0.0979. The number of hydrogen-bond acceptors (Lipinski definition) is 4. The first-order valence-corrected chi connectivity index (χ1v) is 8.75. The Hall–Kier alpha value is -2.67. The van der Waals surface area contributed by atoms with Gasteiger partial charge in [-0.25, -0.2) is 9.99 Å². The Balaban J connectivity index is 1.73. The SMILES string of the molecule is Cc1ccc(N2N=C(C(=O)N[C@H](C)Cn3ccnc3)CCC2=O)cc1Cl. The summed E-state index contributed by atoms with van der Waals surface area (Å²) >= 11 is 6.14. The van der Waals surface area contributed by atoms with E-state index >= 15 is 0 Å². The van der Waals surface area contributed by atoms with Crippen LogP contribution in [0.4, 0.5) is 5.69 Å². The molecule has 0 aliphatic carbocycles. The normalized spacial score (nSPS) is 15.6. The number of aromatic nitrogens is 2. The molecule has 8 heteroatoms. The number of anilines is 1. The molecule has 3 rings (SSSR count). The first-order chi connectivity index (χ1) is 12.4. The second kappa shape index (κ2) is 7.70. The molecule has 1 aliphatic heterocycles. The number of hydrogen-bond donors (Lipinski definition) is 1. The third kappa shape index (κ3) is 4.11. The molecule has 1 aromatic carbocycles. The molecule has 0 radical (unpaired) electrons. The summed E-state index contributed by atoms with van der Waals surface area (Å²) in [5.41, 5.74) is 1.80. The number of halogens is 1. The Morgan fingerprint density at radius 2 is 2.19 bits per heavy atom. The number of carbonyl (C=O) groups is 2. The number of nitrogens with one attached hydrogen (secondary N) is 1. The molecule has 0 unspecified atom stereocenters. The summed E-state index contributed by atoms with van der Waals surface area (Å²) in [4.78, 5) is 28.7. The summed E-state index contributed by atoms with van der Waals surface area (Å²) in [7, 11) is 0. The van der Waals surface area contributed by atoms with Gasteiger partial charge < -0.3 is 9.88 Å². The Morgan fingerprint density at radius 3 is 2.88 bits per heavy atom. The number of benzene rings is 1. The maximum absolute atomic E-state index is 12.5. The number of rotatable bonds is 5. The van der Waals surface area contributed by atoms with Crippen LogP contribution < -0.4 is 10.3 Å². The molecule has 2 heterocycles. The van der Waals surface area contributed by atoms with Crippen LogP contribution in [0.15, 0.2) is 42.0 Å². The van der Waals surface area contributed by atoms with Crippen LogP contribution in [0.2, 0.25) is 5.02 Å². The van der Waals surface area contributed by atoms with Gasteiger partial charge in [-0.15, -0.1) is 0 Å². The number of hydrazone groups is 1. The highest BCUT2D eigenvalue weighted by molar-refractivity contribution is 6.40. The molecular formula is C18H20ClN5O2. The maximum atomic E-state index is 12.5. The number of nitrogens with zero attached hydrogens (tertiary/aromatic N) is 4. The lowest BCUT2D eigenvalue weighted by Crippen LogP contribution is -2.43. The van der Waals surface area contributed by atoms with Gasteiger partial charge in [-0.1, -0.05) is 17.7 Å². The highest BCUT2D eigenvalue weighted by atomic mass is 35.5. The number of aryl methyl sites for hydroxylation is 1. The molecule has 0 fully saturated rings. The van der Waals surface area contributed by atoms with E-state index in [-0.39, 0.29) is 24.3 Å². The van der Waals surface area contributed by atoms with Crippen LogP contribution in [-0.4, -0.2) is 33.1 Å². The van der Waals surface area contributed by atoms with Crippen molar-refractivity contribution in [3.05, 3.63) is 47.5 Å². The monoisotopic (exact) mass is 373 g/mol. The minimum atomic E-state index is -0.270. The predicted molar refractivity (Wildman–Crippen MR) is 100 cm³/mol. The molecule has 1 N–H and O–H groups in total. The molecule has 1 aromatic heterocycles. The molecule has 2 amide bonds. The van der Waals surface area contributed by atoms with E-state index in [4.69, 9.17) is 11.6 Å². The topological polar surface area (TPSA) is 79.6 Å². The van der Waals surface area contributed by atoms with Gasteiger partial charge in [0, 0.05) is 42.8 Å².